The number of carboxylic acid groups (broad SMARTS) is 1. The van der Waals surface area contributed by atoms with Crippen LogP contribution in [-0.4, -0.2) is 72.9 Å². The van der Waals surface area contributed by atoms with Crippen molar-refractivity contribution in [2.75, 3.05) is 31.8 Å². The number of thioether (sulfide) groups is 1. The SMILES string of the molecule is CCC(C)(C)C(=O)OCC(COC(=O)CCSCC(C)(C)C(=O)OC)OC(=O)c1ccccc1C(=O)O. The van der Waals surface area contributed by atoms with E-state index in [2.05, 4.69) is 0 Å². The Bertz CT molecular complexity index is 970. The maximum Gasteiger partial charge on any atom is 0.339 e. The number of ether oxygens (including phenoxy) is 4. The van der Waals surface area contributed by atoms with Crippen molar-refractivity contribution >= 4 is 41.6 Å². The first-order valence-corrected chi connectivity index (χ1v) is 12.9. The molecule has 1 rings (SSSR count). The van der Waals surface area contributed by atoms with Gasteiger partial charge in [-0.25, -0.2) is 9.59 Å². The summed E-state index contributed by atoms with van der Waals surface area (Å²) in [7, 11) is 1.32. The second kappa shape index (κ2) is 14.6. The first kappa shape index (κ1) is 31.9. The van der Waals surface area contributed by atoms with Crippen molar-refractivity contribution in [1.82, 2.24) is 0 Å². The van der Waals surface area contributed by atoms with Gasteiger partial charge in [0.1, 0.15) is 13.2 Å². The van der Waals surface area contributed by atoms with Crippen LogP contribution < -0.4 is 0 Å². The topological polar surface area (TPSA) is 142 Å². The predicted octanol–water partition coefficient (Wildman–Crippen LogP) is 3.76. The van der Waals surface area contributed by atoms with Gasteiger partial charge in [-0.3, -0.25) is 14.4 Å². The number of rotatable bonds is 15. The van der Waals surface area contributed by atoms with Crippen molar-refractivity contribution in [3.63, 3.8) is 0 Å². The van der Waals surface area contributed by atoms with Gasteiger partial charge in [0, 0.05) is 11.5 Å². The Morgan fingerprint density at radius 1 is 0.919 bits per heavy atom. The summed E-state index contributed by atoms with van der Waals surface area (Å²) < 4.78 is 20.7. The van der Waals surface area contributed by atoms with E-state index in [0.29, 0.717) is 17.9 Å². The van der Waals surface area contributed by atoms with Crippen molar-refractivity contribution in [2.45, 2.75) is 53.6 Å². The van der Waals surface area contributed by atoms with Crippen molar-refractivity contribution in [2.24, 2.45) is 10.8 Å². The van der Waals surface area contributed by atoms with E-state index in [0.717, 1.165) is 0 Å². The summed E-state index contributed by atoms with van der Waals surface area (Å²) in [6.45, 7) is 7.96. The molecule has 0 bridgehead atoms. The molecule has 0 spiro atoms. The lowest BCUT2D eigenvalue weighted by molar-refractivity contribution is -0.160. The fraction of sp³-hybridized carbons (Fsp3) is 0.577. The van der Waals surface area contributed by atoms with Crippen LogP contribution in [0.5, 0.6) is 0 Å². The number of carbonyl (C=O) groups is 5. The molecule has 0 amide bonds. The van der Waals surface area contributed by atoms with Gasteiger partial charge in [-0.1, -0.05) is 19.1 Å². The third-order valence-electron chi connectivity index (χ3n) is 5.57. The molecular weight excluding hydrogens is 504 g/mol. The monoisotopic (exact) mass is 540 g/mol. The van der Waals surface area contributed by atoms with Gasteiger partial charge in [0.15, 0.2) is 6.10 Å². The first-order valence-electron chi connectivity index (χ1n) is 11.8. The Morgan fingerprint density at radius 3 is 2.08 bits per heavy atom. The van der Waals surface area contributed by atoms with Crippen LogP contribution in [0, 0.1) is 10.8 Å². The molecule has 1 unspecified atom stereocenters. The highest BCUT2D eigenvalue weighted by Crippen LogP contribution is 2.24. The van der Waals surface area contributed by atoms with Gasteiger partial charge in [-0.2, -0.15) is 11.8 Å². The van der Waals surface area contributed by atoms with Gasteiger partial charge in [-0.15, -0.1) is 0 Å². The highest BCUT2D eigenvalue weighted by Gasteiger charge is 2.30. The zero-order chi connectivity index (χ0) is 28.2. The Hall–Kier alpha value is -3.08. The fourth-order valence-electron chi connectivity index (χ4n) is 2.76. The van der Waals surface area contributed by atoms with Crippen LogP contribution in [0.3, 0.4) is 0 Å². The molecule has 1 aromatic rings. The number of carbonyl (C=O) groups excluding carboxylic acids is 4. The number of esters is 4. The van der Waals surface area contributed by atoms with E-state index in [-0.39, 0.29) is 30.1 Å². The third kappa shape index (κ3) is 10.4. The van der Waals surface area contributed by atoms with Gasteiger partial charge >= 0.3 is 29.8 Å². The summed E-state index contributed by atoms with van der Waals surface area (Å²) in [6, 6.07) is 5.52. The molecule has 1 N–H and O–H groups in total. The molecule has 0 aliphatic rings. The Labute approximate surface area is 221 Å². The van der Waals surface area contributed by atoms with Crippen molar-refractivity contribution in [1.29, 1.82) is 0 Å². The number of hydrogen-bond acceptors (Lipinski definition) is 10. The number of carboxylic acids is 1. The molecule has 10 nitrogen and oxygen atoms in total. The lowest BCUT2D eigenvalue weighted by Gasteiger charge is -2.23. The summed E-state index contributed by atoms with van der Waals surface area (Å²) in [4.78, 5) is 60.5. The van der Waals surface area contributed by atoms with Crippen LogP contribution in [0.4, 0.5) is 0 Å². The van der Waals surface area contributed by atoms with E-state index < -0.39 is 47.4 Å². The van der Waals surface area contributed by atoms with Crippen LogP contribution in [0.15, 0.2) is 24.3 Å². The molecule has 0 heterocycles. The van der Waals surface area contributed by atoms with Crippen molar-refractivity contribution < 1.29 is 48.0 Å². The molecule has 1 aromatic carbocycles. The Balaban J connectivity index is 2.78. The molecule has 0 radical (unpaired) electrons. The zero-order valence-corrected chi connectivity index (χ0v) is 23.0. The molecule has 0 fully saturated rings. The van der Waals surface area contributed by atoms with Crippen LogP contribution in [-0.2, 0) is 33.3 Å². The van der Waals surface area contributed by atoms with E-state index in [1.807, 2.05) is 6.92 Å². The minimum Gasteiger partial charge on any atom is -0.478 e. The van der Waals surface area contributed by atoms with E-state index in [9.17, 15) is 29.1 Å². The van der Waals surface area contributed by atoms with Crippen LogP contribution in [0.2, 0.25) is 0 Å². The molecule has 0 aliphatic heterocycles. The first-order chi connectivity index (χ1) is 17.2. The zero-order valence-electron chi connectivity index (χ0n) is 22.2. The van der Waals surface area contributed by atoms with Crippen LogP contribution in [0.1, 0.15) is 68.2 Å². The molecular formula is C26H36O10S. The summed E-state index contributed by atoms with van der Waals surface area (Å²) in [5.74, 6) is -2.87. The number of hydrogen-bond donors (Lipinski definition) is 1. The number of aromatic carboxylic acids is 1. The molecule has 11 heteroatoms. The van der Waals surface area contributed by atoms with Crippen LogP contribution >= 0.6 is 11.8 Å². The quantitative estimate of drug-likeness (QED) is 0.197. The molecule has 0 aromatic heterocycles. The van der Waals surface area contributed by atoms with Gasteiger partial charge in [0.2, 0.25) is 0 Å². The average Bonchev–Trinajstić information content (AvgIpc) is 2.87. The largest absolute Gasteiger partial charge is 0.478 e. The third-order valence-corrected chi connectivity index (χ3v) is 6.99. The summed E-state index contributed by atoms with van der Waals surface area (Å²) in [5, 5.41) is 9.34. The maximum atomic E-state index is 12.7. The molecule has 0 saturated carbocycles. The summed E-state index contributed by atoms with van der Waals surface area (Å²) in [5.41, 5.74) is -1.91. The predicted molar refractivity (Wildman–Crippen MR) is 136 cm³/mol. The van der Waals surface area contributed by atoms with Crippen molar-refractivity contribution in [3.8, 4) is 0 Å². The van der Waals surface area contributed by atoms with Gasteiger partial charge in [0.05, 0.1) is 35.5 Å². The van der Waals surface area contributed by atoms with E-state index >= 15 is 0 Å². The number of benzene rings is 1. The van der Waals surface area contributed by atoms with E-state index in [1.54, 1.807) is 27.7 Å². The molecule has 1 atom stereocenters. The fourth-order valence-corrected chi connectivity index (χ4v) is 3.85. The standard InChI is InChI=1S/C26H36O10S/c1-7-25(2,3)24(32)35-15-17(36-22(30)19-11-9-8-10-18(19)21(28)29)14-34-20(27)12-13-37-16-26(4,5)23(31)33-6/h8-11,17H,7,12-16H2,1-6H3,(H,28,29). The average molecular weight is 541 g/mol. The van der Waals surface area contributed by atoms with Gasteiger partial charge in [-0.05, 0) is 46.2 Å². The Kier molecular flexibility index (Phi) is 12.6. The summed E-state index contributed by atoms with van der Waals surface area (Å²) in [6.07, 6.45) is -0.602. The van der Waals surface area contributed by atoms with E-state index in [1.165, 1.54) is 43.1 Å². The lowest BCUT2D eigenvalue weighted by Crippen LogP contribution is -2.34. The minimum atomic E-state index is -1.31. The highest BCUT2D eigenvalue weighted by atomic mass is 32.2. The second-order valence-corrected chi connectivity index (χ2v) is 10.7. The Morgan fingerprint density at radius 2 is 1.51 bits per heavy atom. The highest BCUT2D eigenvalue weighted by molar-refractivity contribution is 7.99. The molecule has 206 valence electrons. The number of methoxy groups -OCH3 is 1. The molecule has 0 saturated heterocycles. The molecule has 37 heavy (non-hydrogen) atoms. The summed E-state index contributed by atoms with van der Waals surface area (Å²) >= 11 is 1.39. The van der Waals surface area contributed by atoms with Crippen LogP contribution in [0.25, 0.3) is 0 Å². The lowest BCUT2D eigenvalue weighted by atomic mass is 9.91. The van der Waals surface area contributed by atoms with E-state index in [4.69, 9.17) is 18.9 Å². The normalized spacial score (nSPS) is 12.3. The second-order valence-electron chi connectivity index (χ2n) is 9.58. The van der Waals surface area contributed by atoms with Gasteiger partial charge < -0.3 is 24.1 Å². The minimum absolute atomic E-state index is 0.0348. The van der Waals surface area contributed by atoms with Gasteiger partial charge in [0.25, 0.3) is 0 Å². The maximum absolute atomic E-state index is 12.7. The molecule has 0 aliphatic carbocycles. The smallest absolute Gasteiger partial charge is 0.339 e. The van der Waals surface area contributed by atoms with Crippen molar-refractivity contribution in [3.05, 3.63) is 35.4 Å².